The third-order valence-corrected chi connectivity index (χ3v) is 4.76. The van der Waals surface area contributed by atoms with Crippen LogP contribution >= 0.6 is 24.0 Å². The van der Waals surface area contributed by atoms with E-state index in [9.17, 15) is 0 Å². The van der Waals surface area contributed by atoms with Gasteiger partial charge in [-0.2, -0.15) is 0 Å². The summed E-state index contributed by atoms with van der Waals surface area (Å²) in [5, 5.41) is 3.16. The first kappa shape index (κ1) is 20.7. The molecule has 3 N–H and O–H groups in total. The topological polar surface area (TPSA) is 53.6 Å². The molecule has 0 amide bonds. The Bertz CT molecular complexity index is 712. The molecular formula is C21H29IN4. The predicted octanol–water partition coefficient (Wildman–Crippen LogP) is 4.04. The number of rotatable bonds is 6. The average molecular weight is 464 g/mol. The van der Waals surface area contributed by atoms with E-state index in [1.165, 1.54) is 16.7 Å². The second-order valence-electron chi connectivity index (χ2n) is 6.59. The van der Waals surface area contributed by atoms with Crippen molar-refractivity contribution in [2.45, 2.75) is 32.7 Å². The molecule has 2 aromatic rings. The van der Waals surface area contributed by atoms with Gasteiger partial charge in [0.2, 0.25) is 0 Å². The number of hydrogen-bond acceptors (Lipinski definition) is 2. The molecule has 0 spiro atoms. The van der Waals surface area contributed by atoms with Gasteiger partial charge < -0.3 is 11.1 Å². The first-order valence-electron chi connectivity index (χ1n) is 9.19. The molecule has 1 aliphatic rings. The number of aryl methyl sites for hydroxylation is 1. The zero-order chi connectivity index (χ0) is 17.5. The number of hydrogen-bond donors (Lipinski definition) is 2. The molecule has 3 rings (SSSR count). The molecule has 0 unspecified atom stereocenters. The normalized spacial score (nSPS) is 14.4. The van der Waals surface area contributed by atoms with Crippen molar-refractivity contribution in [2.75, 3.05) is 25.0 Å². The molecule has 140 valence electrons. The summed E-state index contributed by atoms with van der Waals surface area (Å²) in [6.45, 7) is 6.16. The van der Waals surface area contributed by atoms with Crippen LogP contribution in [-0.4, -0.2) is 30.5 Å². The summed E-state index contributed by atoms with van der Waals surface area (Å²) in [6.07, 6.45) is 3.22. The summed E-state index contributed by atoms with van der Waals surface area (Å²) in [5.41, 5.74) is 11.3. The van der Waals surface area contributed by atoms with Crippen LogP contribution in [0.25, 0.3) is 0 Å². The lowest BCUT2D eigenvalue weighted by Gasteiger charge is -2.28. The number of anilines is 1. The number of nitrogens with two attached hydrogens (primary N) is 1. The minimum absolute atomic E-state index is 0. The maximum absolute atomic E-state index is 5.98. The van der Waals surface area contributed by atoms with Gasteiger partial charge in [0.05, 0.1) is 0 Å². The Morgan fingerprint density at radius 3 is 2.58 bits per heavy atom. The fourth-order valence-electron chi connectivity index (χ4n) is 3.25. The Kier molecular flexibility index (Phi) is 8.38. The fraction of sp³-hybridized carbons (Fsp3) is 0.381. The summed E-state index contributed by atoms with van der Waals surface area (Å²) >= 11 is 0. The molecule has 4 nitrogen and oxygen atoms in total. The summed E-state index contributed by atoms with van der Waals surface area (Å²) in [5.74, 6) is 0.494. The van der Waals surface area contributed by atoms with E-state index < -0.39 is 0 Å². The van der Waals surface area contributed by atoms with Gasteiger partial charge in [-0.15, -0.1) is 24.0 Å². The van der Waals surface area contributed by atoms with Crippen molar-refractivity contribution >= 4 is 35.6 Å². The van der Waals surface area contributed by atoms with E-state index in [0.29, 0.717) is 5.96 Å². The van der Waals surface area contributed by atoms with Crippen molar-refractivity contribution in [3.8, 4) is 0 Å². The highest BCUT2D eigenvalue weighted by molar-refractivity contribution is 14.0. The summed E-state index contributed by atoms with van der Waals surface area (Å²) in [6, 6.07) is 17.1. The minimum atomic E-state index is 0. The van der Waals surface area contributed by atoms with Crippen LogP contribution in [0.1, 0.15) is 30.0 Å². The molecule has 0 radical (unpaired) electrons. The van der Waals surface area contributed by atoms with Gasteiger partial charge in [0.15, 0.2) is 5.96 Å². The third kappa shape index (κ3) is 5.99. The first-order valence-corrected chi connectivity index (χ1v) is 9.19. The van der Waals surface area contributed by atoms with Crippen LogP contribution in [-0.2, 0) is 19.4 Å². The van der Waals surface area contributed by atoms with Crippen LogP contribution in [0.5, 0.6) is 0 Å². The molecule has 0 saturated heterocycles. The Morgan fingerprint density at radius 2 is 1.85 bits per heavy atom. The smallest absolute Gasteiger partial charge is 0.193 e. The maximum atomic E-state index is 5.98. The molecule has 0 aliphatic carbocycles. The van der Waals surface area contributed by atoms with E-state index in [-0.39, 0.29) is 24.0 Å². The van der Waals surface area contributed by atoms with Crippen LogP contribution < -0.4 is 11.1 Å². The van der Waals surface area contributed by atoms with E-state index in [1.54, 1.807) is 0 Å². The van der Waals surface area contributed by atoms with E-state index in [4.69, 9.17) is 5.73 Å². The molecular weight excluding hydrogens is 435 g/mol. The number of benzene rings is 2. The molecule has 2 aromatic carbocycles. The number of nitrogens with zero attached hydrogens (tertiary/aromatic N) is 2. The summed E-state index contributed by atoms with van der Waals surface area (Å²) < 4.78 is 0. The molecule has 0 atom stereocenters. The summed E-state index contributed by atoms with van der Waals surface area (Å²) in [7, 11) is 0. The average Bonchev–Trinajstić information content (AvgIpc) is 2.66. The van der Waals surface area contributed by atoms with Crippen LogP contribution in [0.4, 0.5) is 5.69 Å². The molecule has 0 bridgehead atoms. The van der Waals surface area contributed by atoms with Crippen molar-refractivity contribution in [1.29, 1.82) is 0 Å². The first-order chi connectivity index (χ1) is 12.2. The Labute approximate surface area is 173 Å². The van der Waals surface area contributed by atoms with E-state index in [1.807, 2.05) is 12.1 Å². The molecule has 26 heavy (non-hydrogen) atoms. The molecule has 1 heterocycles. The lowest BCUT2D eigenvalue weighted by atomic mass is 10.00. The predicted molar refractivity (Wildman–Crippen MR) is 121 cm³/mol. The Hall–Kier alpha value is -1.60. The van der Waals surface area contributed by atoms with Crippen molar-refractivity contribution in [2.24, 2.45) is 10.7 Å². The van der Waals surface area contributed by atoms with Gasteiger partial charge in [0, 0.05) is 31.9 Å². The zero-order valence-electron chi connectivity index (χ0n) is 15.4. The standard InChI is InChI=1S/C21H28N4.HI/c1-2-17-8-10-20(11-9-17)24-21(22)23-13-5-14-25-15-12-18-6-3-4-7-19(18)16-25;/h3-4,6-11H,2,5,12-16H2,1H3,(H3,22,23,24);1H. The van der Waals surface area contributed by atoms with Crippen molar-refractivity contribution in [3.05, 3.63) is 65.2 Å². The largest absolute Gasteiger partial charge is 0.370 e. The number of aliphatic imine (C=N–C) groups is 1. The van der Waals surface area contributed by atoms with Crippen LogP contribution in [0, 0.1) is 0 Å². The lowest BCUT2D eigenvalue weighted by Crippen LogP contribution is -2.31. The Morgan fingerprint density at radius 1 is 1.12 bits per heavy atom. The van der Waals surface area contributed by atoms with Gasteiger partial charge in [0.25, 0.3) is 0 Å². The minimum Gasteiger partial charge on any atom is -0.370 e. The molecule has 5 heteroatoms. The second kappa shape index (κ2) is 10.5. The number of guanidine groups is 1. The maximum Gasteiger partial charge on any atom is 0.193 e. The van der Waals surface area contributed by atoms with Gasteiger partial charge in [-0.3, -0.25) is 9.89 Å². The zero-order valence-corrected chi connectivity index (χ0v) is 17.8. The Balaban J connectivity index is 0.00000243. The molecule has 1 aliphatic heterocycles. The second-order valence-corrected chi connectivity index (χ2v) is 6.59. The van der Waals surface area contributed by atoms with E-state index in [2.05, 4.69) is 58.5 Å². The van der Waals surface area contributed by atoms with Crippen LogP contribution in [0.3, 0.4) is 0 Å². The van der Waals surface area contributed by atoms with Crippen molar-refractivity contribution in [3.63, 3.8) is 0 Å². The van der Waals surface area contributed by atoms with Crippen molar-refractivity contribution in [1.82, 2.24) is 4.90 Å². The van der Waals surface area contributed by atoms with Crippen LogP contribution in [0.15, 0.2) is 53.5 Å². The van der Waals surface area contributed by atoms with E-state index in [0.717, 1.165) is 51.1 Å². The monoisotopic (exact) mass is 464 g/mol. The quantitative estimate of drug-likeness (QED) is 0.294. The number of fused-ring (bicyclic) bond motifs is 1. The summed E-state index contributed by atoms with van der Waals surface area (Å²) in [4.78, 5) is 6.95. The molecule has 0 fully saturated rings. The number of nitrogens with one attached hydrogen (secondary N) is 1. The fourth-order valence-corrected chi connectivity index (χ4v) is 3.25. The van der Waals surface area contributed by atoms with Gasteiger partial charge in [-0.25, -0.2) is 0 Å². The van der Waals surface area contributed by atoms with Crippen molar-refractivity contribution < 1.29 is 0 Å². The van der Waals surface area contributed by atoms with E-state index >= 15 is 0 Å². The highest BCUT2D eigenvalue weighted by atomic mass is 127. The molecule has 0 aromatic heterocycles. The van der Waals surface area contributed by atoms with Gasteiger partial charge in [-0.05, 0) is 48.1 Å². The highest BCUT2D eigenvalue weighted by Gasteiger charge is 2.14. The highest BCUT2D eigenvalue weighted by Crippen LogP contribution is 2.18. The van der Waals surface area contributed by atoms with Gasteiger partial charge in [-0.1, -0.05) is 43.3 Å². The lowest BCUT2D eigenvalue weighted by molar-refractivity contribution is 0.253. The third-order valence-electron chi connectivity index (χ3n) is 4.76. The van der Waals surface area contributed by atoms with Gasteiger partial charge in [0.1, 0.15) is 0 Å². The van der Waals surface area contributed by atoms with Gasteiger partial charge >= 0.3 is 0 Å². The SMILES string of the molecule is CCc1ccc(NC(N)=NCCCN2CCc3ccccc3C2)cc1.I. The molecule has 0 saturated carbocycles. The number of halogens is 1. The van der Waals surface area contributed by atoms with Crippen LogP contribution in [0.2, 0.25) is 0 Å².